The van der Waals surface area contributed by atoms with Gasteiger partial charge in [0, 0.05) is 9.90 Å². The molecule has 0 amide bonds. The lowest BCUT2D eigenvalue weighted by Gasteiger charge is -2.13. The number of aryl methyl sites for hydroxylation is 2. The predicted octanol–water partition coefficient (Wildman–Crippen LogP) is 6.27. The van der Waals surface area contributed by atoms with E-state index in [1.165, 1.54) is 10.4 Å². The molecule has 0 aliphatic rings. The Kier molecular flexibility index (Phi) is 4.35. The van der Waals surface area contributed by atoms with Gasteiger partial charge in [0.1, 0.15) is 0 Å². The van der Waals surface area contributed by atoms with Crippen molar-refractivity contribution in [3.05, 3.63) is 54.6 Å². The number of hydrogen-bond donors (Lipinski definition) is 0. The Hall–Kier alpha value is 0.170. The molecule has 0 fully saturated rings. The van der Waals surface area contributed by atoms with Gasteiger partial charge in [0.15, 0.2) is 0 Å². The van der Waals surface area contributed by atoms with Crippen molar-refractivity contribution in [3.63, 3.8) is 0 Å². The third kappa shape index (κ3) is 2.78. The van der Waals surface area contributed by atoms with Crippen LogP contribution >= 0.6 is 54.8 Å². The fourth-order valence-corrected chi connectivity index (χ4v) is 4.87. The molecule has 0 aliphatic carbocycles. The molecule has 0 nitrogen and oxygen atoms in total. The second-order valence-electron chi connectivity index (χ2n) is 3.90. The van der Waals surface area contributed by atoms with Gasteiger partial charge in [-0.1, -0.05) is 45.7 Å². The maximum atomic E-state index is 6.36. The first-order valence-electron chi connectivity index (χ1n) is 5.15. The minimum atomic E-state index is 0.150. The van der Waals surface area contributed by atoms with Crippen LogP contribution in [0.15, 0.2) is 28.1 Å². The Morgan fingerprint density at radius 2 is 1.94 bits per heavy atom. The largest absolute Gasteiger partial charge is 0.133 e. The maximum Gasteiger partial charge on any atom is 0.0704 e. The molecule has 0 saturated heterocycles. The van der Waals surface area contributed by atoms with Gasteiger partial charge in [0.25, 0.3) is 0 Å². The lowest BCUT2D eigenvalue weighted by Crippen LogP contribution is -1.95. The molecule has 2 rings (SSSR count). The van der Waals surface area contributed by atoms with E-state index in [9.17, 15) is 0 Å². The van der Waals surface area contributed by atoms with E-state index < -0.39 is 0 Å². The van der Waals surface area contributed by atoms with Gasteiger partial charge in [0.05, 0.1) is 8.61 Å². The molecule has 0 aliphatic heterocycles. The summed E-state index contributed by atoms with van der Waals surface area (Å²) in [7, 11) is 0. The first kappa shape index (κ1) is 13.6. The molecular formula is C13H11Br2ClS. The van der Waals surface area contributed by atoms with Crippen molar-refractivity contribution < 1.29 is 0 Å². The summed E-state index contributed by atoms with van der Waals surface area (Å²) < 4.78 is 1.15. The van der Waals surface area contributed by atoms with Crippen LogP contribution in [0.25, 0.3) is 0 Å². The third-order valence-corrected chi connectivity index (χ3v) is 5.77. The molecule has 1 aromatic carbocycles. The quantitative estimate of drug-likeness (QED) is 0.527. The highest BCUT2D eigenvalue weighted by atomic mass is 79.9. The Bertz CT molecular complexity index is 548. The summed E-state index contributed by atoms with van der Waals surface area (Å²) in [5, 5.41) is 0.844. The molecule has 0 N–H and O–H groups in total. The van der Waals surface area contributed by atoms with Crippen LogP contribution in [0, 0.1) is 13.8 Å². The van der Waals surface area contributed by atoms with Gasteiger partial charge in [-0.15, -0.1) is 11.3 Å². The summed E-state index contributed by atoms with van der Waals surface area (Å²) in [5.41, 5.74) is 3.51. The number of hydrogen-bond acceptors (Lipinski definition) is 1. The molecule has 1 aromatic heterocycles. The SMILES string of the molecule is Cc1cccc(C(Br)c2cc(Br)sc2C)c1Cl. The van der Waals surface area contributed by atoms with Crippen molar-refractivity contribution in [2.45, 2.75) is 18.7 Å². The average molecular weight is 395 g/mol. The van der Waals surface area contributed by atoms with E-state index in [0.717, 1.165) is 19.9 Å². The molecular weight excluding hydrogens is 383 g/mol. The van der Waals surface area contributed by atoms with Gasteiger partial charge in [-0.25, -0.2) is 0 Å². The smallest absolute Gasteiger partial charge is 0.0704 e. The molecule has 0 spiro atoms. The maximum absolute atomic E-state index is 6.36. The molecule has 0 saturated carbocycles. The van der Waals surface area contributed by atoms with Crippen LogP contribution in [0.2, 0.25) is 5.02 Å². The molecule has 1 atom stereocenters. The van der Waals surface area contributed by atoms with Crippen LogP contribution in [0.4, 0.5) is 0 Å². The van der Waals surface area contributed by atoms with Crippen LogP contribution in [0.1, 0.15) is 26.4 Å². The standard InChI is InChI=1S/C13H11Br2ClS/c1-7-4-3-5-9(13(7)16)12(15)10-6-11(14)17-8(10)2/h3-6,12H,1-2H3. The number of halogens is 3. The zero-order valence-corrected chi connectivity index (χ0v) is 14.2. The van der Waals surface area contributed by atoms with Crippen molar-refractivity contribution in [2.75, 3.05) is 0 Å². The lowest BCUT2D eigenvalue weighted by atomic mass is 10.0. The highest BCUT2D eigenvalue weighted by Gasteiger charge is 2.18. The summed E-state index contributed by atoms with van der Waals surface area (Å²) in [6, 6.07) is 8.29. The zero-order valence-electron chi connectivity index (χ0n) is 9.43. The van der Waals surface area contributed by atoms with E-state index in [4.69, 9.17) is 11.6 Å². The molecule has 2 aromatic rings. The fourth-order valence-electron chi connectivity index (χ4n) is 1.74. The topological polar surface area (TPSA) is 0 Å². The highest BCUT2D eigenvalue weighted by molar-refractivity contribution is 9.11. The fraction of sp³-hybridized carbons (Fsp3) is 0.231. The van der Waals surface area contributed by atoms with E-state index in [2.05, 4.69) is 50.9 Å². The van der Waals surface area contributed by atoms with Gasteiger partial charge >= 0.3 is 0 Å². The van der Waals surface area contributed by atoms with Crippen molar-refractivity contribution >= 4 is 54.8 Å². The molecule has 1 heterocycles. The molecule has 0 bridgehead atoms. The highest BCUT2D eigenvalue weighted by Crippen LogP contribution is 2.41. The van der Waals surface area contributed by atoms with Crippen molar-refractivity contribution in [3.8, 4) is 0 Å². The molecule has 17 heavy (non-hydrogen) atoms. The van der Waals surface area contributed by atoms with Crippen molar-refractivity contribution in [2.24, 2.45) is 0 Å². The zero-order chi connectivity index (χ0) is 12.6. The first-order valence-corrected chi connectivity index (χ1v) is 8.06. The monoisotopic (exact) mass is 392 g/mol. The molecule has 0 radical (unpaired) electrons. The number of alkyl halides is 1. The predicted molar refractivity (Wildman–Crippen MR) is 83.7 cm³/mol. The van der Waals surface area contributed by atoms with E-state index in [-0.39, 0.29) is 4.83 Å². The Labute approximate surface area is 127 Å². The van der Waals surface area contributed by atoms with Gasteiger partial charge in [0.2, 0.25) is 0 Å². The van der Waals surface area contributed by atoms with Gasteiger partial charge < -0.3 is 0 Å². The lowest BCUT2D eigenvalue weighted by molar-refractivity contribution is 1.16. The number of rotatable bonds is 2. The molecule has 1 unspecified atom stereocenters. The van der Waals surface area contributed by atoms with Gasteiger partial charge in [-0.3, -0.25) is 0 Å². The van der Waals surface area contributed by atoms with Gasteiger partial charge in [-0.05, 0) is 52.5 Å². The number of thiophene rings is 1. The Balaban J connectivity index is 2.47. The summed E-state index contributed by atoms with van der Waals surface area (Å²) >= 11 is 15.4. The molecule has 90 valence electrons. The summed E-state index contributed by atoms with van der Waals surface area (Å²) in [6.45, 7) is 4.16. The second kappa shape index (κ2) is 5.43. The van der Waals surface area contributed by atoms with Gasteiger partial charge in [-0.2, -0.15) is 0 Å². The normalized spacial score (nSPS) is 12.8. The minimum Gasteiger partial charge on any atom is -0.133 e. The average Bonchev–Trinajstić information content (AvgIpc) is 2.61. The van der Waals surface area contributed by atoms with Crippen LogP contribution < -0.4 is 0 Å². The van der Waals surface area contributed by atoms with E-state index >= 15 is 0 Å². The molecule has 4 heteroatoms. The second-order valence-corrected chi connectivity index (χ2v) is 7.83. The van der Waals surface area contributed by atoms with E-state index in [1.807, 2.05) is 19.1 Å². The Morgan fingerprint density at radius 1 is 1.24 bits per heavy atom. The van der Waals surface area contributed by atoms with Crippen LogP contribution in [-0.2, 0) is 0 Å². The third-order valence-electron chi connectivity index (χ3n) is 2.69. The van der Waals surface area contributed by atoms with Crippen LogP contribution in [-0.4, -0.2) is 0 Å². The Morgan fingerprint density at radius 3 is 2.53 bits per heavy atom. The summed E-state index contributed by atoms with van der Waals surface area (Å²) in [5.74, 6) is 0. The van der Waals surface area contributed by atoms with Crippen LogP contribution in [0.5, 0.6) is 0 Å². The summed E-state index contributed by atoms with van der Waals surface area (Å²) in [6.07, 6.45) is 0. The van der Waals surface area contributed by atoms with E-state index in [1.54, 1.807) is 11.3 Å². The van der Waals surface area contributed by atoms with Crippen LogP contribution in [0.3, 0.4) is 0 Å². The minimum absolute atomic E-state index is 0.150. The van der Waals surface area contributed by atoms with Crippen molar-refractivity contribution in [1.82, 2.24) is 0 Å². The van der Waals surface area contributed by atoms with Crippen molar-refractivity contribution in [1.29, 1.82) is 0 Å². The number of benzene rings is 1. The first-order chi connectivity index (χ1) is 8.00. The summed E-state index contributed by atoms with van der Waals surface area (Å²) in [4.78, 5) is 1.45. The van der Waals surface area contributed by atoms with E-state index in [0.29, 0.717) is 0 Å².